The number of fused-ring (bicyclic) bond motifs is 1. The number of carbonyl (C=O) groups excluding carboxylic acids is 1. The fraction of sp³-hybridized carbons (Fsp3) is 0.571. The van der Waals surface area contributed by atoms with Crippen LogP contribution < -0.4 is 15.0 Å². The highest BCUT2D eigenvalue weighted by Gasteiger charge is 2.24. The molecule has 0 bridgehead atoms. The number of likely N-dealkylation sites (N-methyl/N-ethyl adjacent to an activating group) is 1. The predicted molar refractivity (Wildman–Crippen MR) is 110 cm³/mol. The topological polar surface area (TPSA) is 48.1 Å². The van der Waals surface area contributed by atoms with Crippen LogP contribution in [0.25, 0.3) is 0 Å². The first-order valence-corrected chi connectivity index (χ1v) is 9.99. The van der Waals surface area contributed by atoms with Gasteiger partial charge in [0.05, 0.1) is 11.7 Å². The van der Waals surface area contributed by atoms with Crippen LogP contribution in [-0.2, 0) is 0 Å². The van der Waals surface area contributed by atoms with Crippen LogP contribution in [0.2, 0.25) is 0 Å². The Labute approximate surface area is 162 Å². The Morgan fingerprint density at radius 2 is 2.04 bits per heavy atom. The minimum absolute atomic E-state index is 0.0261. The van der Waals surface area contributed by atoms with Crippen LogP contribution in [0.1, 0.15) is 24.2 Å². The van der Waals surface area contributed by atoms with Gasteiger partial charge in [0.2, 0.25) is 0 Å². The highest BCUT2D eigenvalue weighted by atomic mass is 16.5. The number of amides is 1. The second-order valence-corrected chi connectivity index (χ2v) is 7.32. The summed E-state index contributed by atoms with van der Waals surface area (Å²) in [7, 11) is 0. The molecule has 0 aliphatic carbocycles. The lowest BCUT2D eigenvalue weighted by atomic mass is 10.1. The summed E-state index contributed by atoms with van der Waals surface area (Å²) in [5, 5.41) is 3.06. The first kappa shape index (κ1) is 19.7. The van der Waals surface area contributed by atoms with Crippen molar-refractivity contribution in [3.05, 3.63) is 36.4 Å². The number of nitrogens with zero attached hydrogens (tertiary/aromatic N) is 3. The molecule has 3 rings (SSSR count). The van der Waals surface area contributed by atoms with Gasteiger partial charge in [0, 0.05) is 51.4 Å². The van der Waals surface area contributed by atoms with Crippen LogP contribution in [0, 0.1) is 0 Å². The minimum atomic E-state index is -0.0261. The van der Waals surface area contributed by atoms with E-state index in [9.17, 15) is 4.79 Å². The minimum Gasteiger partial charge on any atom is -0.489 e. The number of carbonyl (C=O) groups is 1. The summed E-state index contributed by atoms with van der Waals surface area (Å²) in [5.74, 6) is 0.807. The number of piperazine rings is 1. The molecule has 148 valence electrons. The van der Waals surface area contributed by atoms with E-state index in [0.717, 1.165) is 57.3 Å². The van der Waals surface area contributed by atoms with E-state index in [4.69, 9.17) is 4.74 Å². The van der Waals surface area contributed by atoms with Gasteiger partial charge < -0.3 is 19.9 Å². The van der Waals surface area contributed by atoms with Gasteiger partial charge in [-0.15, -0.1) is 6.58 Å². The van der Waals surface area contributed by atoms with Crippen molar-refractivity contribution in [2.45, 2.75) is 19.9 Å². The molecular weight excluding hydrogens is 340 g/mol. The van der Waals surface area contributed by atoms with Gasteiger partial charge >= 0.3 is 0 Å². The van der Waals surface area contributed by atoms with Gasteiger partial charge in [0.1, 0.15) is 12.4 Å². The number of benzene rings is 1. The molecule has 1 aromatic carbocycles. The van der Waals surface area contributed by atoms with Crippen LogP contribution in [0.4, 0.5) is 5.69 Å². The summed E-state index contributed by atoms with van der Waals surface area (Å²) >= 11 is 0. The first-order chi connectivity index (χ1) is 13.1. The Balaban J connectivity index is 1.55. The number of nitrogens with one attached hydrogen (secondary N) is 1. The maximum Gasteiger partial charge on any atom is 0.251 e. The molecule has 2 heterocycles. The standard InChI is InChI=1S/C21H32N4O2/c1-4-9-25-17(3)16-27-20-7-6-18(15-19(20)25)21(26)22-8-10-24-13-11-23(5-2)12-14-24/h4,6-7,15,17H,1,5,8-14,16H2,2-3H3,(H,22,26). The first-order valence-electron chi connectivity index (χ1n) is 9.99. The maximum absolute atomic E-state index is 12.6. The van der Waals surface area contributed by atoms with Crippen molar-refractivity contribution in [2.24, 2.45) is 0 Å². The molecule has 6 heteroatoms. The fourth-order valence-electron chi connectivity index (χ4n) is 3.72. The third-order valence-corrected chi connectivity index (χ3v) is 5.49. The third-order valence-electron chi connectivity index (χ3n) is 5.49. The molecular formula is C21H32N4O2. The lowest BCUT2D eigenvalue weighted by Crippen LogP contribution is -2.48. The SMILES string of the molecule is C=CCN1c2cc(C(=O)NCCN3CCN(CC)CC3)ccc2OCC1C. The highest BCUT2D eigenvalue weighted by Crippen LogP contribution is 2.34. The van der Waals surface area contributed by atoms with Crippen LogP contribution in [-0.4, -0.2) is 80.7 Å². The summed E-state index contributed by atoms with van der Waals surface area (Å²) in [6.07, 6.45) is 1.89. The summed E-state index contributed by atoms with van der Waals surface area (Å²) in [6, 6.07) is 5.94. The fourth-order valence-corrected chi connectivity index (χ4v) is 3.72. The van der Waals surface area contributed by atoms with Gasteiger partial charge in [0.25, 0.3) is 5.91 Å². The molecule has 0 saturated carbocycles. The molecule has 1 unspecified atom stereocenters. The van der Waals surface area contributed by atoms with Gasteiger partial charge in [-0.3, -0.25) is 9.69 Å². The Morgan fingerprint density at radius 1 is 1.30 bits per heavy atom. The average molecular weight is 373 g/mol. The van der Waals surface area contributed by atoms with Crippen molar-refractivity contribution < 1.29 is 9.53 Å². The highest BCUT2D eigenvalue weighted by molar-refractivity contribution is 5.95. The van der Waals surface area contributed by atoms with E-state index in [0.29, 0.717) is 18.7 Å². The zero-order chi connectivity index (χ0) is 19.2. The number of anilines is 1. The normalized spacial score (nSPS) is 20.7. The number of hydrogen-bond donors (Lipinski definition) is 1. The Hall–Kier alpha value is -2.05. The smallest absolute Gasteiger partial charge is 0.251 e. The van der Waals surface area contributed by atoms with E-state index in [1.54, 1.807) is 0 Å². The summed E-state index contributed by atoms with van der Waals surface area (Å²) < 4.78 is 5.81. The monoisotopic (exact) mass is 372 g/mol. The van der Waals surface area contributed by atoms with Crippen LogP contribution >= 0.6 is 0 Å². The second-order valence-electron chi connectivity index (χ2n) is 7.32. The van der Waals surface area contributed by atoms with Crippen molar-refractivity contribution in [1.82, 2.24) is 15.1 Å². The van der Waals surface area contributed by atoms with Gasteiger partial charge in [-0.25, -0.2) is 0 Å². The zero-order valence-corrected chi connectivity index (χ0v) is 16.6. The van der Waals surface area contributed by atoms with Gasteiger partial charge in [-0.2, -0.15) is 0 Å². The van der Waals surface area contributed by atoms with Crippen LogP contribution in [0.15, 0.2) is 30.9 Å². The van der Waals surface area contributed by atoms with Crippen molar-refractivity contribution in [3.8, 4) is 5.75 Å². The Morgan fingerprint density at radius 3 is 2.74 bits per heavy atom. The van der Waals surface area contributed by atoms with Gasteiger partial charge in [0.15, 0.2) is 0 Å². The predicted octanol–water partition coefficient (Wildman–Crippen LogP) is 1.83. The quantitative estimate of drug-likeness (QED) is 0.740. The van der Waals surface area contributed by atoms with Crippen molar-refractivity contribution >= 4 is 11.6 Å². The summed E-state index contributed by atoms with van der Waals surface area (Å²) in [6.45, 7) is 16.6. The Bertz CT molecular complexity index is 656. The zero-order valence-electron chi connectivity index (χ0n) is 16.6. The van der Waals surface area contributed by atoms with Crippen LogP contribution in [0.3, 0.4) is 0 Å². The number of ether oxygens (including phenoxy) is 1. The molecule has 1 aromatic rings. The molecule has 0 radical (unpaired) electrons. The molecule has 1 fully saturated rings. The van der Waals surface area contributed by atoms with E-state index in [-0.39, 0.29) is 11.9 Å². The van der Waals surface area contributed by atoms with E-state index in [2.05, 4.69) is 40.4 Å². The van der Waals surface area contributed by atoms with Gasteiger partial charge in [-0.1, -0.05) is 13.0 Å². The summed E-state index contributed by atoms with van der Waals surface area (Å²) in [5.41, 5.74) is 1.65. The number of rotatable bonds is 7. The molecule has 6 nitrogen and oxygen atoms in total. The van der Waals surface area contributed by atoms with Crippen molar-refractivity contribution in [2.75, 3.05) is 63.9 Å². The van der Waals surface area contributed by atoms with Gasteiger partial charge in [-0.05, 0) is 31.7 Å². The largest absolute Gasteiger partial charge is 0.489 e. The van der Waals surface area contributed by atoms with E-state index in [1.165, 1.54) is 0 Å². The lowest BCUT2D eigenvalue weighted by Gasteiger charge is -2.36. The maximum atomic E-state index is 12.6. The van der Waals surface area contributed by atoms with E-state index in [1.807, 2.05) is 24.3 Å². The third kappa shape index (κ3) is 4.82. The lowest BCUT2D eigenvalue weighted by molar-refractivity contribution is 0.0937. The molecule has 1 saturated heterocycles. The molecule has 2 aliphatic rings. The molecule has 1 N–H and O–H groups in total. The molecule has 2 aliphatic heterocycles. The summed E-state index contributed by atoms with van der Waals surface area (Å²) in [4.78, 5) is 19.7. The molecule has 1 amide bonds. The molecule has 27 heavy (non-hydrogen) atoms. The van der Waals surface area contributed by atoms with Crippen molar-refractivity contribution in [1.29, 1.82) is 0 Å². The number of hydrogen-bond acceptors (Lipinski definition) is 5. The molecule has 0 aromatic heterocycles. The van der Waals surface area contributed by atoms with E-state index >= 15 is 0 Å². The van der Waals surface area contributed by atoms with E-state index < -0.39 is 0 Å². The van der Waals surface area contributed by atoms with Crippen LogP contribution in [0.5, 0.6) is 5.75 Å². The second kappa shape index (κ2) is 9.24. The average Bonchev–Trinajstić information content (AvgIpc) is 2.70. The molecule has 1 atom stereocenters. The Kier molecular flexibility index (Phi) is 6.74. The van der Waals surface area contributed by atoms with Crippen molar-refractivity contribution in [3.63, 3.8) is 0 Å². The molecule has 0 spiro atoms.